The molecule has 0 aromatic carbocycles. The molecule has 0 aliphatic rings. The Labute approximate surface area is 98.2 Å². The molecule has 92 valence electrons. The fourth-order valence-corrected chi connectivity index (χ4v) is 1.46. The highest BCUT2D eigenvalue weighted by Crippen LogP contribution is 2.11. The maximum Gasteiger partial charge on any atom is 0.123 e. The minimum atomic E-state index is 0.666. The van der Waals surface area contributed by atoms with Crippen molar-refractivity contribution in [2.45, 2.75) is 46.3 Å². The normalized spacial score (nSPS) is 10.9. The molecular weight excluding hydrogens is 202 g/mol. The van der Waals surface area contributed by atoms with Gasteiger partial charge in [0, 0.05) is 12.2 Å². The van der Waals surface area contributed by atoms with Gasteiger partial charge < -0.3 is 14.5 Å². The molecule has 3 nitrogen and oxygen atoms in total. The molecule has 1 aromatic rings. The first-order chi connectivity index (χ1) is 7.88. The molecule has 1 rings (SSSR count). The average Bonchev–Trinajstić information content (AvgIpc) is 2.73. The molecule has 0 aliphatic carbocycles. The zero-order chi connectivity index (χ0) is 11.6. The van der Waals surface area contributed by atoms with Crippen LogP contribution in [0.15, 0.2) is 16.7 Å². The lowest BCUT2D eigenvalue weighted by molar-refractivity contribution is 0.116. The van der Waals surface area contributed by atoms with Gasteiger partial charge in [0.25, 0.3) is 0 Å². The summed E-state index contributed by atoms with van der Waals surface area (Å²) in [6.07, 6.45) is 5.18. The molecular formula is C13H23NO2. The molecule has 0 fully saturated rings. The molecule has 3 heteroatoms. The number of rotatable bonds is 9. The summed E-state index contributed by atoms with van der Waals surface area (Å²) in [5, 5.41) is 3.33. The van der Waals surface area contributed by atoms with Crippen molar-refractivity contribution in [3.8, 4) is 0 Å². The van der Waals surface area contributed by atoms with Gasteiger partial charge in [-0.2, -0.15) is 0 Å². The van der Waals surface area contributed by atoms with Crippen LogP contribution >= 0.6 is 0 Å². The SMILES string of the molecule is CCCCOCc1ccoc1CNCCC. The van der Waals surface area contributed by atoms with Gasteiger partial charge in [-0.15, -0.1) is 0 Å². The Morgan fingerprint density at radius 1 is 1.31 bits per heavy atom. The van der Waals surface area contributed by atoms with Crippen LogP contribution in [0.3, 0.4) is 0 Å². The average molecular weight is 225 g/mol. The fraction of sp³-hybridized carbons (Fsp3) is 0.692. The summed E-state index contributed by atoms with van der Waals surface area (Å²) in [6.45, 7) is 7.65. The highest BCUT2D eigenvalue weighted by Gasteiger charge is 2.05. The highest BCUT2D eigenvalue weighted by atomic mass is 16.5. The second kappa shape index (κ2) is 8.36. The monoisotopic (exact) mass is 225 g/mol. The fourth-order valence-electron chi connectivity index (χ4n) is 1.46. The molecule has 0 spiro atoms. The van der Waals surface area contributed by atoms with E-state index in [4.69, 9.17) is 9.15 Å². The lowest BCUT2D eigenvalue weighted by atomic mass is 10.2. The van der Waals surface area contributed by atoms with Gasteiger partial charge in [-0.05, 0) is 25.5 Å². The Morgan fingerprint density at radius 2 is 2.19 bits per heavy atom. The molecule has 16 heavy (non-hydrogen) atoms. The van der Waals surface area contributed by atoms with Gasteiger partial charge in [-0.25, -0.2) is 0 Å². The van der Waals surface area contributed by atoms with E-state index in [9.17, 15) is 0 Å². The van der Waals surface area contributed by atoms with Gasteiger partial charge in [-0.1, -0.05) is 20.3 Å². The number of unbranched alkanes of at least 4 members (excludes halogenated alkanes) is 1. The minimum Gasteiger partial charge on any atom is -0.468 e. The van der Waals surface area contributed by atoms with E-state index < -0.39 is 0 Å². The second-order valence-electron chi connectivity index (χ2n) is 3.95. The smallest absolute Gasteiger partial charge is 0.123 e. The molecule has 0 amide bonds. The van der Waals surface area contributed by atoms with E-state index >= 15 is 0 Å². The Hall–Kier alpha value is -0.800. The van der Waals surface area contributed by atoms with E-state index in [2.05, 4.69) is 19.2 Å². The Kier molecular flexibility index (Phi) is 6.93. The zero-order valence-corrected chi connectivity index (χ0v) is 10.4. The maximum absolute atomic E-state index is 5.58. The summed E-state index contributed by atoms with van der Waals surface area (Å²) in [5.74, 6) is 1.00. The van der Waals surface area contributed by atoms with Gasteiger partial charge in [0.2, 0.25) is 0 Å². The van der Waals surface area contributed by atoms with Crippen LogP contribution in [0.5, 0.6) is 0 Å². The van der Waals surface area contributed by atoms with Crippen molar-refractivity contribution in [2.24, 2.45) is 0 Å². The van der Waals surface area contributed by atoms with Crippen LogP contribution in [0.4, 0.5) is 0 Å². The van der Waals surface area contributed by atoms with E-state index in [1.807, 2.05) is 6.07 Å². The lowest BCUT2D eigenvalue weighted by Gasteiger charge is -2.05. The van der Waals surface area contributed by atoms with Crippen LogP contribution in [0.2, 0.25) is 0 Å². The first-order valence-corrected chi connectivity index (χ1v) is 6.22. The van der Waals surface area contributed by atoms with Crippen molar-refractivity contribution in [1.29, 1.82) is 0 Å². The molecule has 0 atom stereocenters. The third-order valence-corrected chi connectivity index (χ3v) is 2.45. The first kappa shape index (κ1) is 13.3. The summed E-state index contributed by atoms with van der Waals surface area (Å²) in [6, 6.07) is 1.99. The van der Waals surface area contributed by atoms with Crippen molar-refractivity contribution in [1.82, 2.24) is 5.32 Å². The molecule has 0 bridgehead atoms. The van der Waals surface area contributed by atoms with E-state index in [0.29, 0.717) is 6.61 Å². The first-order valence-electron chi connectivity index (χ1n) is 6.22. The Balaban J connectivity index is 2.26. The van der Waals surface area contributed by atoms with Gasteiger partial charge in [0.05, 0.1) is 19.4 Å². The number of ether oxygens (including phenoxy) is 1. The van der Waals surface area contributed by atoms with E-state index in [1.165, 1.54) is 12.0 Å². The third kappa shape index (κ3) is 4.81. The summed E-state index contributed by atoms with van der Waals surface area (Å²) >= 11 is 0. The van der Waals surface area contributed by atoms with Gasteiger partial charge >= 0.3 is 0 Å². The summed E-state index contributed by atoms with van der Waals surface area (Å²) in [4.78, 5) is 0. The summed E-state index contributed by atoms with van der Waals surface area (Å²) in [5.41, 5.74) is 1.17. The molecule has 0 saturated carbocycles. The second-order valence-corrected chi connectivity index (χ2v) is 3.95. The van der Waals surface area contributed by atoms with E-state index in [1.54, 1.807) is 6.26 Å². The minimum absolute atomic E-state index is 0.666. The summed E-state index contributed by atoms with van der Waals surface area (Å²) in [7, 11) is 0. The lowest BCUT2D eigenvalue weighted by Crippen LogP contribution is -2.14. The van der Waals surface area contributed by atoms with Crippen molar-refractivity contribution in [3.63, 3.8) is 0 Å². The number of hydrogen-bond acceptors (Lipinski definition) is 3. The van der Waals surface area contributed by atoms with E-state index in [-0.39, 0.29) is 0 Å². The van der Waals surface area contributed by atoms with Gasteiger partial charge in [0.15, 0.2) is 0 Å². The predicted molar refractivity (Wildman–Crippen MR) is 65.3 cm³/mol. The van der Waals surface area contributed by atoms with Crippen molar-refractivity contribution in [3.05, 3.63) is 23.7 Å². The topological polar surface area (TPSA) is 34.4 Å². The zero-order valence-electron chi connectivity index (χ0n) is 10.4. The van der Waals surface area contributed by atoms with Crippen LogP contribution in [0.1, 0.15) is 44.4 Å². The Morgan fingerprint density at radius 3 is 2.94 bits per heavy atom. The van der Waals surface area contributed by atoms with Crippen LogP contribution in [0.25, 0.3) is 0 Å². The molecule has 1 heterocycles. The van der Waals surface area contributed by atoms with Crippen LogP contribution < -0.4 is 5.32 Å². The molecule has 0 unspecified atom stereocenters. The molecule has 1 aromatic heterocycles. The van der Waals surface area contributed by atoms with E-state index in [0.717, 1.165) is 38.3 Å². The molecule has 0 saturated heterocycles. The summed E-state index contributed by atoms with van der Waals surface area (Å²) < 4.78 is 11.0. The van der Waals surface area contributed by atoms with Crippen molar-refractivity contribution in [2.75, 3.05) is 13.2 Å². The Bertz CT molecular complexity index is 271. The van der Waals surface area contributed by atoms with Gasteiger partial charge in [-0.3, -0.25) is 0 Å². The van der Waals surface area contributed by atoms with Crippen LogP contribution in [0, 0.1) is 0 Å². The molecule has 0 radical (unpaired) electrons. The molecule has 0 aliphatic heterocycles. The number of nitrogens with one attached hydrogen (secondary N) is 1. The number of furan rings is 1. The van der Waals surface area contributed by atoms with Gasteiger partial charge in [0.1, 0.15) is 5.76 Å². The predicted octanol–water partition coefficient (Wildman–Crippen LogP) is 3.10. The van der Waals surface area contributed by atoms with Crippen LogP contribution in [-0.2, 0) is 17.9 Å². The van der Waals surface area contributed by atoms with Crippen molar-refractivity contribution >= 4 is 0 Å². The highest BCUT2D eigenvalue weighted by molar-refractivity contribution is 5.15. The number of hydrogen-bond donors (Lipinski definition) is 1. The molecule has 1 N–H and O–H groups in total. The quantitative estimate of drug-likeness (QED) is 0.656. The largest absolute Gasteiger partial charge is 0.468 e. The van der Waals surface area contributed by atoms with Crippen molar-refractivity contribution < 1.29 is 9.15 Å². The third-order valence-electron chi connectivity index (χ3n) is 2.45. The maximum atomic E-state index is 5.58. The van der Waals surface area contributed by atoms with Crippen LogP contribution in [-0.4, -0.2) is 13.2 Å². The standard InChI is InChI=1S/C13H23NO2/c1-3-5-8-15-11-12-6-9-16-13(12)10-14-7-4-2/h6,9,14H,3-5,7-8,10-11H2,1-2H3.